The molecular formula is C14H15BrO2. The zero-order valence-electron chi connectivity index (χ0n) is 9.64. The molecule has 0 saturated carbocycles. The highest BCUT2D eigenvalue weighted by atomic mass is 79.9. The number of aliphatic hydroxyl groups excluding tert-OH is 1. The fourth-order valence-corrected chi connectivity index (χ4v) is 1.78. The summed E-state index contributed by atoms with van der Waals surface area (Å²) in [5, 5.41) is 11.9. The first-order valence-electron chi connectivity index (χ1n) is 5.61. The molecule has 0 heterocycles. The number of fused-ring (bicyclic) bond motifs is 1. The quantitative estimate of drug-likeness (QED) is 0.876. The Bertz CT molecular complexity index is 491. The summed E-state index contributed by atoms with van der Waals surface area (Å²) in [6.45, 7) is 2.19. The molecule has 0 bridgehead atoms. The molecule has 3 heteroatoms. The Balaban J connectivity index is 2.19. The van der Waals surface area contributed by atoms with E-state index in [-0.39, 0.29) is 4.83 Å². The van der Waals surface area contributed by atoms with Crippen molar-refractivity contribution in [3.63, 3.8) is 0 Å². The van der Waals surface area contributed by atoms with Crippen molar-refractivity contribution < 1.29 is 9.84 Å². The fourth-order valence-electron chi connectivity index (χ4n) is 1.63. The van der Waals surface area contributed by atoms with Crippen molar-refractivity contribution >= 4 is 26.7 Å². The molecule has 0 aliphatic rings. The lowest BCUT2D eigenvalue weighted by molar-refractivity contribution is 0.111. The van der Waals surface area contributed by atoms with Gasteiger partial charge in [0.1, 0.15) is 18.5 Å². The van der Waals surface area contributed by atoms with Crippen LogP contribution in [0.1, 0.15) is 6.92 Å². The Morgan fingerprint density at radius 3 is 2.65 bits per heavy atom. The molecule has 0 aliphatic heterocycles. The van der Waals surface area contributed by atoms with Crippen LogP contribution >= 0.6 is 15.9 Å². The second kappa shape index (κ2) is 5.52. The first kappa shape index (κ1) is 12.4. The van der Waals surface area contributed by atoms with Crippen molar-refractivity contribution in [1.82, 2.24) is 0 Å². The van der Waals surface area contributed by atoms with Crippen molar-refractivity contribution in [2.75, 3.05) is 6.61 Å². The predicted octanol–water partition coefficient (Wildman–Crippen LogP) is 3.36. The largest absolute Gasteiger partial charge is 0.490 e. The molecule has 90 valence electrons. The Labute approximate surface area is 109 Å². The van der Waals surface area contributed by atoms with E-state index < -0.39 is 6.10 Å². The molecule has 2 aromatic rings. The van der Waals surface area contributed by atoms with Gasteiger partial charge < -0.3 is 9.84 Å². The van der Waals surface area contributed by atoms with Gasteiger partial charge in [-0.1, -0.05) is 59.3 Å². The molecule has 1 N–H and O–H groups in total. The average Bonchev–Trinajstić information content (AvgIpc) is 2.35. The van der Waals surface area contributed by atoms with E-state index in [9.17, 15) is 5.11 Å². The summed E-state index contributed by atoms with van der Waals surface area (Å²) in [6, 6.07) is 14.0. The highest BCUT2D eigenvalue weighted by molar-refractivity contribution is 9.09. The van der Waals surface area contributed by atoms with Crippen LogP contribution in [0, 0.1) is 0 Å². The fraction of sp³-hybridized carbons (Fsp3) is 0.286. The second-order valence-corrected chi connectivity index (χ2v) is 5.48. The molecule has 2 unspecified atom stereocenters. The molecular weight excluding hydrogens is 280 g/mol. The van der Waals surface area contributed by atoms with Gasteiger partial charge in [-0.25, -0.2) is 0 Å². The topological polar surface area (TPSA) is 29.5 Å². The Kier molecular flexibility index (Phi) is 4.02. The molecule has 0 amide bonds. The van der Waals surface area contributed by atoms with Gasteiger partial charge in [-0.05, 0) is 11.5 Å². The maximum atomic E-state index is 9.69. The highest BCUT2D eigenvalue weighted by Crippen LogP contribution is 2.25. The molecule has 0 radical (unpaired) electrons. The lowest BCUT2D eigenvalue weighted by Gasteiger charge is -2.15. The van der Waals surface area contributed by atoms with Gasteiger partial charge in [-0.2, -0.15) is 0 Å². The maximum absolute atomic E-state index is 9.69. The molecule has 0 aromatic heterocycles. The van der Waals surface area contributed by atoms with Crippen molar-refractivity contribution in [2.24, 2.45) is 0 Å². The van der Waals surface area contributed by atoms with E-state index in [1.807, 2.05) is 49.4 Å². The molecule has 2 aromatic carbocycles. The first-order valence-corrected chi connectivity index (χ1v) is 6.53. The van der Waals surface area contributed by atoms with Gasteiger partial charge in [-0.15, -0.1) is 0 Å². The van der Waals surface area contributed by atoms with Crippen LogP contribution in [0.15, 0.2) is 42.5 Å². The van der Waals surface area contributed by atoms with Crippen LogP contribution in [0.25, 0.3) is 10.8 Å². The minimum absolute atomic E-state index is 0.0254. The third kappa shape index (κ3) is 2.99. The minimum atomic E-state index is -0.506. The molecule has 2 atom stereocenters. The first-order chi connectivity index (χ1) is 8.18. The van der Waals surface area contributed by atoms with Crippen LogP contribution in [0.5, 0.6) is 5.75 Å². The van der Waals surface area contributed by atoms with Crippen LogP contribution < -0.4 is 4.74 Å². The van der Waals surface area contributed by atoms with Crippen molar-refractivity contribution in [3.05, 3.63) is 42.5 Å². The van der Waals surface area contributed by atoms with Crippen molar-refractivity contribution in [3.8, 4) is 5.75 Å². The lowest BCUT2D eigenvalue weighted by Crippen LogP contribution is -2.25. The highest BCUT2D eigenvalue weighted by Gasteiger charge is 2.12. The second-order valence-electron chi connectivity index (χ2n) is 4.03. The van der Waals surface area contributed by atoms with Crippen LogP contribution in [-0.2, 0) is 0 Å². The normalized spacial score (nSPS) is 14.5. The molecule has 0 saturated heterocycles. The van der Waals surface area contributed by atoms with E-state index in [1.165, 1.54) is 0 Å². The number of hydrogen-bond donors (Lipinski definition) is 1. The van der Waals surface area contributed by atoms with E-state index in [4.69, 9.17) is 4.74 Å². The summed E-state index contributed by atoms with van der Waals surface area (Å²) < 4.78 is 5.66. The van der Waals surface area contributed by atoms with E-state index in [1.54, 1.807) is 0 Å². The lowest BCUT2D eigenvalue weighted by atomic mass is 10.1. The van der Waals surface area contributed by atoms with Crippen molar-refractivity contribution in [1.29, 1.82) is 0 Å². The molecule has 0 aliphatic carbocycles. The van der Waals surface area contributed by atoms with E-state index >= 15 is 0 Å². The summed E-state index contributed by atoms with van der Waals surface area (Å²) in [4.78, 5) is 0.0254. The number of benzene rings is 2. The minimum Gasteiger partial charge on any atom is -0.490 e. The average molecular weight is 295 g/mol. The number of aliphatic hydroxyl groups is 1. The number of rotatable bonds is 4. The molecule has 0 spiro atoms. The predicted molar refractivity (Wildman–Crippen MR) is 73.8 cm³/mol. The standard InChI is InChI=1S/C14H15BrO2/c1-10(15)13(16)9-17-14-8-4-6-11-5-2-3-7-12(11)14/h2-8,10,13,16H,9H2,1H3. The monoisotopic (exact) mass is 294 g/mol. The van der Waals surface area contributed by atoms with Crippen LogP contribution in [0.4, 0.5) is 0 Å². The van der Waals surface area contributed by atoms with Gasteiger partial charge >= 0.3 is 0 Å². The van der Waals surface area contributed by atoms with Crippen LogP contribution in [-0.4, -0.2) is 22.6 Å². The summed E-state index contributed by atoms with van der Waals surface area (Å²) in [7, 11) is 0. The molecule has 2 nitrogen and oxygen atoms in total. The van der Waals surface area contributed by atoms with Gasteiger partial charge in [0, 0.05) is 10.2 Å². The maximum Gasteiger partial charge on any atom is 0.127 e. The van der Waals surface area contributed by atoms with Gasteiger partial charge in [0.25, 0.3) is 0 Å². The van der Waals surface area contributed by atoms with Gasteiger partial charge in [-0.3, -0.25) is 0 Å². The van der Waals surface area contributed by atoms with Gasteiger partial charge in [0.05, 0.1) is 0 Å². The smallest absolute Gasteiger partial charge is 0.127 e. The number of hydrogen-bond acceptors (Lipinski definition) is 2. The third-order valence-corrected chi connectivity index (χ3v) is 3.30. The zero-order chi connectivity index (χ0) is 12.3. The number of halogens is 1. The third-order valence-electron chi connectivity index (χ3n) is 2.69. The molecule has 2 rings (SSSR count). The summed E-state index contributed by atoms with van der Waals surface area (Å²) in [5.74, 6) is 0.815. The zero-order valence-corrected chi connectivity index (χ0v) is 11.2. The summed E-state index contributed by atoms with van der Waals surface area (Å²) in [6.07, 6.45) is -0.506. The van der Waals surface area contributed by atoms with Gasteiger partial charge in [0.2, 0.25) is 0 Å². The summed E-state index contributed by atoms with van der Waals surface area (Å²) >= 11 is 3.33. The van der Waals surface area contributed by atoms with Crippen LogP contribution in [0.3, 0.4) is 0 Å². The SMILES string of the molecule is CC(Br)C(O)COc1cccc2ccccc12. The Hall–Kier alpha value is -1.06. The summed E-state index contributed by atoms with van der Waals surface area (Å²) in [5.41, 5.74) is 0. The van der Waals surface area contributed by atoms with Crippen molar-refractivity contribution in [2.45, 2.75) is 17.9 Å². The Morgan fingerprint density at radius 1 is 1.18 bits per heavy atom. The molecule has 17 heavy (non-hydrogen) atoms. The van der Waals surface area contributed by atoms with E-state index in [2.05, 4.69) is 15.9 Å². The number of ether oxygens (including phenoxy) is 1. The van der Waals surface area contributed by atoms with E-state index in [0.717, 1.165) is 16.5 Å². The van der Waals surface area contributed by atoms with E-state index in [0.29, 0.717) is 6.61 Å². The van der Waals surface area contributed by atoms with Crippen LogP contribution in [0.2, 0.25) is 0 Å². The number of alkyl halides is 1. The Morgan fingerprint density at radius 2 is 1.88 bits per heavy atom. The molecule has 0 fully saturated rings. The van der Waals surface area contributed by atoms with Gasteiger partial charge in [0.15, 0.2) is 0 Å².